The van der Waals surface area contributed by atoms with E-state index in [2.05, 4.69) is 43.2 Å². The van der Waals surface area contributed by atoms with E-state index >= 15 is 0 Å². The van der Waals surface area contributed by atoms with Crippen molar-refractivity contribution in [1.29, 1.82) is 0 Å². The Kier molecular flexibility index (Phi) is 3.42. The molecule has 0 saturated carbocycles. The van der Waals surface area contributed by atoms with Gasteiger partial charge in [-0.05, 0) is 37.9 Å². The minimum atomic E-state index is 0.223. The van der Waals surface area contributed by atoms with Crippen molar-refractivity contribution in [2.75, 3.05) is 19.7 Å². The van der Waals surface area contributed by atoms with Gasteiger partial charge in [0.05, 0.1) is 10.4 Å². The summed E-state index contributed by atoms with van der Waals surface area (Å²) in [6.07, 6.45) is 0.223. The molecule has 1 aliphatic heterocycles. The Bertz CT molecular complexity index is 277. The second kappa shape index (κ2) is 4.40. The van der Waals surface area contributed by atoms with E-state index in [4.69, 9.17) is 4.74 Å². The van der Waals surface area contributed by atoms with Crippen molar-refractivity contribution in [3.63, 3.8) is 0 Å². The van der Waals surface area contributed by atoms with Crippen LogP contribution in [0.25, 0.3) is 0 Å². The summed E-state index contributed by atoms with van der Waals surface area (Å²) in [6.45, 7) is 2.68. The molecule has 0 bridgehead atoms. The fraction of sp³-hybridized carbons (Fsp3) is 0.500. The number of nitrogens with one attached hydrogen (secondary N) is 1. The van der Waals surface area contributed by atoms with Gasteiger partial charge in [0.25, 0.3) is 0 Å². The monoisotopic (exact) mass is 325 g/mol. The maximum Gasteiger partial charge on any atom is 0.104 e. The van der Waals surface area contributed by atoms with Crippen LogP contribution in [0.2, 0.25) is 0 Å². The summed E-state index contributed by atoms with van der Waals surface area (Å²) in [5.74, 6) is 0. The van der Waals surface area contributed by atoms with Gasteiger partial charge in [0.15, 0.2) is 0 Å². The van der Waals surface area contributed by atoms with Crippen molar-refractivity contribution < 1.29 is 4.74 Å². The smallest absolute Gasteiger partial charge is 0.104 e. The molecular formula is C8H9Br2NOS. The second-order valence-electron chi connectivity index (χ2n) is 2.83. The minimum absolute atomic E-state index is 0.223. The van der Waals surface area contributed by atoms with Gasteiger partial charge in [0.1, 0.15) is 6.10 Å². The number of thiophene rings is 1. The van der Waals surface area contributed by atoms with Crippen molar-refractivity contribution in [2.45, 2.75) is 6.10 Å². The maximum absolute atomic E-state index is 5.64. The lowest BCUT2D eigenvalue weighted by molar-refractivity contribution is 0.0299. The zero-order valence-electron chi connectivity index (χ0n) is 6.85. The highest BCUT2D eigenvalue weighted by atomic mass is 79.9. The van der Waals surface area contributed by atoms with Gasteiger partial charge in [-0.15, -0.1) is 11.3 Å². The molecule has 1 aliphatic rings. The van der Waals surface area contributed by atoms with Crippen LogP contribution in [-0.2, 0) is 4.74 Å². The first-order valence-electron chi connectivity index (χ1n) is 4.04. The Morgan fingerprint density at radius 3 is 2.92 bits per heavy atom. The highest BCUT2D eigenvalue weighted by Crippen LogP contribution is 2.36. The van der Waals surface area contributed by atoms with Crippen LogP contribution < -0.4 is 5.32 Å². The van der Waals surface area contributed by atoms with E-state index in [-0.39, 0.29) is 6.10 Å². The SMILES string of the molecule is Brc1cc(C2CNCCO2)sc1Br. The average molecular weight is 327 g/mol. The van der Waals surface area contributed by atoms with E-state index in [0.717, 1.165) is 28.0 Å². The molecule has 0 spiro atoms. The van der Waals surface area contributed by atoms with Crippen LogP contribution in [0.1, 0.15) is 11.0 Å². The fourth-order valence-corrected chi connectivity index (χ4v) is 3.41. The minimum Gasteiger partial charge on any atom is -0.370 e. The van der Waals surface area contributed by atoms with E-state index in [1.54, 1.807) is 11.3 Å². The first-order valence-corrected chi connectivity index (χ1v) is 6.44. The molecule has 0 radical (unpaired) electrons. The standard InChI is InChI=1S/C8H9Br2NOS/c9-5-3-7(13-8(5)10)6-4-11-1-2-12-6/h3,6,11H,1-2,4H2. The molecule has 1 atom stereocenters. The van der Waals surface area contributed by atoms with Crippen molar-refractivity contribution in [3.05, 3.63) is 19.2 Å². The molecule has 2 rings (SSSR count). The van der Waals surface area contributed by atoms with Gasteiger partial charge in [-0.3, -0.25) is 0 Å². The Hall–Kier alpha value is 0.580. The third kappa shape index (κ3) is 2.33. The fourth-order valence-electron chi connectivity index (χ4n) is 1.27. The van der Waals surface area contributed by atoms with Crippen molar-refractivity contribution in [1.82, 2.24) is 5.32 Å². The van der Waals surface area contributed by atoms with Crippen LogP contribution in [0, 0.1) is 0 Å². The summed E-state index contributed by atoms with van der Waals surface area (Å²) in [7, 11) is 0. The number of rotatable bonds is 1. The summed E-state index contributed by atoms with van der Waals surface area (Å²) < 4.78 is 7.89. The first kappa shape index (κ1) is 10.1. The van der Waals surface area contributed by atoms with Gasteiger partial charge in [0, 0.05) is 22.4 Å². The van der Waals surface area contributed by atoms with Crippen LogP contribution in [0.3, 0.4) is 0 Å². The molecule has 1 N–H and O–H groups in total. The number of hydrogen-bond acceptors (Lipinski definition) is 3. The second-order valence-corrected chi connectivity index (χ2v) is 6.09. The van der Waals surface area contributed by atoms with Crippen molar-refractivity contribution in [3.8, 4) is 0 Å². The third-order valence-electron chi connectivity index (χ3n) is 1.91. The Morgan fingerprint density at radius 1 is 1.54 bits per heavy atom. The quantitative estimate of drug-likeness (QED) is 0.856. The van der Waals surface area contributed by atoms with Gasteiger partial charge < -0.3 is 10.1 Å². The highest BCUT2D eigenvalue weighted by molar-refractivity contribution is 9.13. The number of ether oxygens (including phenoxy) is 1. The molecule has 0 aliphatic carbocycles. The average Bonchev–Trinajstić information content (AvgIpc) is 2.49. The zero-order chi connectivity index (χ0) is 9.26. The molecule has 72 valence electrons. The summed E-state index contributed by atoms with van der Waals surface area (Å²) in [5.41, 5.74) is 0. The molecule has 5 heteroatoms. The van der Waals surface area contributed by atoms with Crippen molar-refractivity contribution in [2.24, 2.45) is 0 Å². The molecule has 1 aromatic heterocycles. The van der Waals surface area contributed by atoms with E-state index in [0.29, 0.717) is 0 Å². The van der Waals surface area contributed by atoms with E-state index in [9.17, 15) is 0 Å². The molecule has 0 aromatic carbocycles. The topological polar surface area (TPSA) is 21.3 Å². The first-order chi connectivity index (χ1) is 6.27. The highest BCUT2D eigenvalue weighted by Gasteiger charge is 2.18. The summed E-state index contributed by atoms with van der Waals surface area (Å²) in [6, 6.07) is 2.12. The molecule has 1 aromatic rings. The third-order valence-corrected chi connectivity index (χ3v) is 5.26. The Morgan fingerprint density at radius 2 is 2.38 bits per heavy atom. The lowest BCUT2D eigenvalue weighted by Gasteiger charge is -2.22. The predicted molar refractivity (Wildman–Crippen MR) is 61.3 cm³/mol. The summed E-state index contributed by atoms with van der Waals surface area (Å²) in [4.78, 5) is 1.27. The van der Waals surface area contributed by atoms with Gasteiger partial charge in [0.2, 0.25) is 0 Å². The normalized spacial score (nSPS) is 23.4. The number of morpholine rings is 1. The molecule has 1 fully saturated rings. The maximum atomic E-state index is 5.64. The lowest BCUT2D eigenvalue weighted by atomic mass is 10.2. The van der Waals surface area contributed by atoms with E-state index in [1.165, 1.54) is 4.88 Å². The molecule has 2 nitrogen and oxygen atoms in total. The summed E-state index contributed by atoms with van der Waals surface area (Å²) in [5, 5.41) is 3.31. The van der Waals surface area contributed by atoms with Crippen LogP contribution in [0.15, 0.2) is 14.3 Å². The van der Waals surface area contributed by atoms with Gasteiger partial charge in [-0.2, -0.15) is 0 Å². The number of halogens is 2. The van der Waals surface area contributed by atoms with Gasteiger partial charge >= 0.3 is 0 Å². The molecule has 1 saturated heterocycles. The van der Waals surface area contributed by atoms with Crippen LogP contribution in [0.5, 0.6) is 0 Å². The van der Waals surface area contributed by atoms with Crippen LogP contribution in [-0.4, -0.2) is 19.7 Å². The molecular weight excluding hydrogens is 318 g/mol. The van der Waals surface area contributed by atoms with Gasteiger partial charge in [-0.1, -0.05) is 0 Å². The zero-order valence-corrected chi connectivity index (χ0v) is 10.8. The number of hydrogen-bond donors (Lipinski definition) is 1. The van der Waals surface area contributed by atoms with E-state index < -0.39 is 0 Å². The van der Waals surface area contributed by atoms with Crippen molar-refractivity contribution >= 4 is 43.2 Å². The van der Waals surface area contributed by atoms with E-state index in [1.807, 2.05) is 0 Å². The Labute approximate surface area is 97.9 Å². The van der Waals surface area contributed by atoms with Crippen LogP contribution >= 0.6 is 43.2 Å². The van der Waals surface area contributed by atoms with Crippen LogP contribution in [0.4, 0.5) is 0 Å². The largest absolute Gasteiger partial charge is 0.370 e. The molecule has 2 heterocycles. The molecule has 1 unspecified atom stereocenters. The van der Waals surface area contributed by atoms with Gasteiger partial charge in [-0.25, -0.2) is 0 Å². The predicted octanol–water partition coefficient (Wildman–Crippen LogP) is 2.93. The molecule has 13 heavy (non-hydrogen) atoms. The summed E-state index contributed by atoms with van der Waals surface area (Å²) >= 11 is 8.67. The Balaban J connectivity index is 2.14. The molecule has 0 amide bonds. The lowest BCUT2D eigenvalue weighted by Crippen LogP contribution is -2.32.